The minimum Gasteiger partial charge on any atom is -0.496 e. The highest BCUT2D eigenvalue weighted by Gasteiger charge is 2.04. The van der Waals surface area contributed by atoms with Gasteiger partial charge in [0.15, 0.2) is 0 Å². The first-order chi connectivity index (χ1) is 9.58. The first kappa shape index (κ1) is 15.2. The van der Waals surface area contributed by atoms with Crippen molar-refractivity contribution in [3.05, 3.63) is 51.6 Å². The van der Waals surface area contributed by atoms with E-state index in [0.29, 0.717) is 0 Å². The molecule has 0 radical (unpaired) electrons. The second-order valence-electron chi connectivity index (χ2n) is 4.11. The van der Waals surface area contributed by atoms with Crippen molar-refractivity contribution < 1.29 is 14.6 Å². The first-order valence-electron chi connectivity index (χ1n) is 5.90. The van der Waals surface area contributed by atoms with Crippen molar-refractivity contribution in [1.29, 1.82) is 0 Å². The lowest BCUT2D eigenvalue weighted by Crippen LogP contribution is -1.99. The van der Waals surface area contributed by atoms with Crippen LogP contribution in [-0.2, 0) is 11.2 Å². The molecule has 0 saturated carbocycles. The van der Waals surface area contributed by atoms with E-state index < -0.39 is 5.97 Å². The van der Waals surface area contributed by atoms with Gasteiger partial charge in [-0.1, -0.05) is 23.9 Å². The number of carboxylic acid groups (broad SMARTS) is 1. The summed E-state index contributed by atoms with van der Waals surface area (Å²) in [4.78, 5) is 12.8. The normalized spacial score (nSPS) is 10.3. The van der Waals surface area contributed by atoms with Crippen LogP contribution < -0.4 is 4.74 Å². The number of aliphatic carboxylic acids is 1. The maximum Gasteiger partial charge on any atom is 0.307 e. The molecule has 0 saturated heterocycles. The van der Waals surface area contributed by atoms with Crippen LogP contribution in [0.15, 0.2) is 52.3 Å². The van der Waals surface area contributed by atoms with Crippen LogP contribution in [0.25, 0.3) is 0 Å². The zero-order chi connectivity index (χ0) is 14.5. The van der Waals surface area contributed by atoms with Crippen LogP contribution in [0, 0.1) is 3.57 Å². The Morgan fingerprint density at radius 1 is 1.20 bits per heavy atom. The Bertz CT molecular complexity index is 611. The maximum atomic E-state index is 10.6. The van der Waals surface area contributed by atoms with Crippen molar-refractivity contribution >= 4 is 40.3 Å². The second-order valence-corrected chi connectivity index (χ2v) is 6.42. The molecule has 104 valence electrons. The van der Waals surface area contributed by atoms with Gasteiger partial charge in [-0.15, -0.1) is 0 Å². The number of ether oxygens (including phenoxy) is 1. The van der Waals surface area contributed by atoms with E-state index in [0.717, 1.165) is 24.7 Å². The standard InChI is InChI=1S/C15H13IO3S/c1-19-14-7-6-12(9-13(14)16)20-11-4-2-10(3-5-11)8-15(17)18/h2-7,9H,8H2,1H3,(H,17,18). The van der Waals surface area contributed by atoms with Gasteiger partial charge in [0, 0.05) is 9.79 Å². The molecule has 2 aromatic rings. The highest BCUT2D eigenvalue weighted by Crippen LogP contribution is 2.32. The zero-order valence-electron chi connectivity index (χ0n) is 10.8. The van der Waals surface area contributed by atoms with Gasteiger partial charge in [-0.05, 0) is 58.5 Å². The van der Waals surface area contributed by atoms with Crippen LogP contribution >= 0.6 is 34.4 Å². The summed E-state index contributed by atoms with van der Waals surface area (Å²) in [5, 5.41) is 8.73. The minimum absolute atomic E-state index is 0.0609. The molecule has 0 aliphatic carbocycles. The van der Waals surface area contributed by atoms with Gasteiger partial charge in [-0.25, -0.2) is 0 Å². The summed E-state index contributed by atoms with van der Waals surface area (Å²) < 4.78 is 6.30. The molecule has 1 N–H and O–H groups in total. The number of benzene rings is 2. The summed E-state index contributed by atoms with van der Waals surface area (Å²) in [6.07, 6.45) is 0.0609. The number of methoxy groups -OCH3 is 1. The molecule has 0 amide bonds. The van der Waals surface area contributed by atoms with E-state index in [-0.39, 0.29) is 6.42 Å². The lowest BCUT2D eigenvalue weighted by molar-refractivity contribution is -0.136. The summed E-state index contributed by atoms with van der Waals surface area (Å²) in [6, 6.07) is 13.6. The molecule has 0 aliphatic heterocycles. The quantitative estimate of drug-likeness (QED) is 0.769. The van der Waals surface area contributed by atoms with E-state index in [9.17, 15) is 4.79 Å². The average Bonchev–Trinajstić information content (AvgIpc) is 2.41. The van der Waals surface area contributed by atoms with Crippen molar-refractivity contribution in [2.45, 2.75) is 16.2 Å². The Labute approximate surface area is 135 Å². The third kappa shape index (κ3) is 4.14. The van der Waals surface area contributed by atoms with E-state index in [1.54, 1.807) is 18.9 Å². The van der Waals surface area contributed by atoms with Crippen LogP contribution in [0.1, 0.15) is 5.56 Å². The molecule has 2 aromatic carbocycles. The van der Waals surface area contributed by atoms with Gasteiger partial charge >= 0.3 is 5.97 Å². The summed E-state index contributed by atoms with van der Waals surface area (Å²) >= 11 is 3.88. The van der Waals surface area contributed by atoms with Crippen molar-refractivity contribution in [3.63, 3.8) is 0 Å². The van der Waals surface area contributed by atoms with Crippen molar-refractivity contribution in [1.82, 2.24) is 0 Å². The number of hydrogen-bond donors (Lipinski definition) is 1. The van der Waals surface area contributed by atoms with Gasteiger partial charge in [-0.2, -0.15) is 0 Å². The molecule has 20 heavy (non-hydrogen) atoms. The van der Waals surface area contributed by atoms with Gasteiger partial charge in [-0.3, -0.25) is 4.79 Å². The van der Waals surface area contributed by atoms with Crippen LogP contribution in [-0.4, -0.2) is 18.2 Å². The third-order valence-corrected chi connectivity index (χ3v) is 4.48. The summed E-state index contributed by atoms with van der Waals surface area (Å²) in [5.74, 6) is 0.0573. The highest BCUT2D eigenvalue weighted by molar-refractivity contribution is 14.1. The largest absolute Gasteiger partial charge is 0.496 e. The van der Waals surface area contributed by atoms with Crippen LogP contribution in [0.3, 0.4) is 0 Å². The molecular weight excluding hydrogens is 387 g/mol. The Kier molecular flexibility index (Phi) is 5.31. The van der Waals surface area contributed by atoms with Crippen LogP contribution in [0.2, 0.25) is 0 Å². The minimum atomic E-state index is -0.810. The monoisotopic (exact) mass is 400 g/mol. The Hall–Kier alpha value is -1.21. The fraction of sp³-hybridized carbons (Fsp3) is 0.133. The Morgan fingerprint density at radius 3 is 2.40 bits per heavy atom. The number of halogens is 1. The van der Waals surface area contributed by atoms with E-state index in [2.05, 4.69) is 28.7 Å². The van der Waals surface area contributed by atoms with Crippen molar-refractivity contribution in [2.75, 3.05) is 7.11 Å². The molecule has 2 rings (SSSR count). The molecule has 0 unspecified atom stereocenters. The lowest BCUT2D eigenvalue weighted by Gasteiger charge is -2.06. The van der Waals surface area contributed by atoms with Crippen molar-refractivity contribution in [3.8, 4) is 5.75 Å². The topological polar surface area (TPSA) is 46.5 Å². The molecule has 0 aromatic heterocycles. The molecule has 3 nitrogen and oxygen atoms in total. The SMILES string of the molecule is COc1ccc(Sc2ccc(CC(=O)O)cc2)cc1I. The van der Waals surface area contributed by atoms with Gasteiger partial charge in [0.2, 0.25) is 0 Å². The Balaban J connectivity index is 2.10. The van der Waals surface area contributed by atoms with Gasteiger partial charge in [0.25, 0.3) is 0 Å². The van der Waals surface area contributed by atoms with E-state index in [1.807, 2.05) is 36.4 Å². The van der Waals surface area contributed by atoms with E-state index in [1.165, 1.54) is 0 Å². The smallest absolute Gasteiger partial charge is 0.307 e. The predicted octanol–water partition coefficient (Wildman–Crippen LogP) is 4.08. The first-order valence-corrected chi connectivity index (χ1v) is 7.80. The molecule has 0 fully saturated rings. The molecule has 0 heterocycles. The van der Waals surface area contributed by atoms with E-state index in [4.69, 9.17) is 9.84 Å². The van der Waals surface area contributed by atoms with Crippen LogP contribution in [0.5, 0.6) is 5.75 Å². The molecular formula is C15H13IO3S. The summed E-state index contributed by atoms with van der Waals surface area (Å²) in [6.45, 7) is 0. The average molecular weight is 400 g/mol. The number of hydrogen-bond acceptors (Lipinski definition) is 3. The van der Waals surface area contributed by atoms with Gasteiger partial charge in [0.1, 0.15) is 5.75 Å². The Morgan fingerprint density at radius 2 is 1.85 bits per heavy atom. The molecule has 0 aliphatic rings. The fourth-order valence-corrected chi connectivity index (χ4v) is 3.50. The summed E-state index contributed by atoms with van der Waals surface area (Å²) in [7, 11) is 1.66. The molecule has 0 bridgehead atoms. The van der Waals surface area contributed by atoms with Gasteiger partial charge in [0.05, 0.1) is 17.1 Å². The molecule has 0 atom stereocenters. The third-order valence-electron chi connectivity index (χ3n) is 2.64. The molecule has 0 spiro atoms. The van der Waals surface area contributed by atoms with E-state index >= 15 is 0 Å². The van der Waals surface area contributed by atoms with Gasteiger partial charge < -0.3 is 9.84 Å². The predicted molar refractivity (Wildman–Crippen MR) is 87.6 cm³/mol. The number of rotatable bonds is 5. The molecule has 5 heteroatoms. The van der Waals surface area contributed by atoms with Crippen LogP contribution in [0.4, 0.5) is 0 Å². The lowest BCUT2D eigenvalue weighted by atomic mass is 10.2. The second kappa shape index (κ2) is 6.99. The fourth-order valence-electron chi connectivity index (χ4n) is 1.70. The number of carbonyl (C=O) groups is 1. The van der Waals surface area contributed by atoms with Crippen molar-refractivity contribution in [2.24, 2.45) is 0 Å². The summed E-state index contributed by atoms with van der Waals surface area (Å²) in [5.41, 5.74) is 0.811. The number of carboxylic acids is 1. The zero-order valence-corrected chi connectivity index (χ0v) is 13.8. The highest BCUT2D eigenvalue weighted by atomic mass is 127. The maximum absolute atomic E-state index is 10.6.